The van der Waals surface area contributed by atoms with E-state index in [4.69, 9.17) is 14.2 Å². The van der Waals surface area contributed by atoms with Crippen molar-refractivity contribution >= 4 is 5.97 Å². The van der Waals surface area contributed by atoms with Gasteiger partial charge in [0.05, 0.1) is 20.1 Å². The first-order valence-electron chi connectivity index (χ1n) is 6.97. The zero-order chi connectivity index (χ0) is 15.5. The van der Waals surface area contributed by atoms with Crippen LogP contribution in [0.25, 0.3) is 0 Å². The largest absolute Gasteiger partial charge is 0.493 e. The van der Waals surface area contributed by atoms with E-state index in [0.717, 1.165) is 0 Å². The van der Waals surface area contributed by atoms with Gasteiger partial charge in [-0.05, 0) is 19.1 Å². The highest BCUT2D eigenvalue weighted by atomic mass is 16.5. The topological polar surface area (TPSA) is 77.0 Å². The van der Waals surface area contributed by atoms with Gasteiger partial charge in [0, 0.05) is 13.1 Å². The van der Waals surface area contributed by atoms with Crippen LogP contribution in [0.4, 0.5) is 0 Å². The number of hydrogen-bond acceptors (Lipinski definition) is 6. The Hall–Kier alpha value is -1.79. The number of aliphatic hydroxyl groups excluding tert-OH is 1. The molecule has 0 saturated heterocycles. The van der Waals surface area contributed by atoms with Gasteiger partial charge >= 0.3 is 5.97 Å². The van der Waals surface area contributed by atoms with E-state index >= 15 is 0 Å². The summed E-state index contributed by atoms with van der Waals surface area (Å²) in [5.41, 5.74) is 0. The highest BCUT2D eigenvalue weighted by Gasteiger charge is 2.08. The Morgan fingerprint density at radius 1 is 1.33 bits per heavy atom. The maximum atomic E-state index is 11.1. The highest BCUT2D eigenvalue weighted by molar-refractivity contribution is 5.69. The van der Waals surface area contributed by atoms with Gasteiger partial charge in [-0.1, -0.05) is 12.1 Å². The number of aliphatic hydroxyl groups is 1. The second kappa shape index (κ2) is 10.0. The molecule has 0 radical (unpaired) electrons. The fourth-order valence-corrected chi connectivity index (χ4v) is 1.68. The minimum atomic E-state index is -0.669. The van der Waals surface area contributed by atoms with Crippen molar-refractivity contribution in [3.05, 3.63) is 24.3 Å². The summed E-state index contributed by atoms with van der Waals surface area (Å²) in [4.78, 5) is 11.1. The molecule has 0 saturated carbocycles. The lowest BCUT2D eigenvalue weighted by atomic mass is 10.3. The summed E-state index contributed by atoms with van der Waals surface area (Å²) in [6, 6.07) is 7.25. The molecule has 0 heterocycles. The number of para-hydroxylation sites is 2. The van der Waals surface area contributed by atoms with Crippen LogP contribution in [0.15, 0.2) is 24.3 Å². The summed E-state index contributed by atoms with van der Waals surface area (Å²) in [6.07, 6.45) is -0.384. The average Bonchev–Trinajstić information content (AvgIpc) is 2.50. The maximum absolute atomic E-state index is 11.1. The third kappa shape index (κ3) is 6.97. The van der Waals surface area contributed by atoms with Gasteiger partial charge in [-0.2, -0.15) is 0 Å². The quantitative estimate of drug-likeness (QED) is 0.495. The van der Waals surface area contributed by atoms with Crippen molar-refractivity contribution in [2.75, 3.05) is 33.4 Å². The molecule has 0 fully saturated rings. The molecule has 0 spiro atoms. The second-order valence-electron chi connectivity index (χ2n) is 4.37. The van der Waals surface area contributed by atoms with Crippen LogP contribution in [0, 0.1) is 0 Å². The van der Waals surface area contributed by atoms with Crippen molar-refractivity contribution in [2.24, 2.45) is 0 Å². The smallest absolute Gasteiger partial charge is 0.307 e. The number of carbonyl (C=O) groups is 1. The number of rotatable bonds is 10. The fourth-order valence-electron chi connectivity index (χ4n) is 1.68. The molecular weight excluding hydrogens is 274 g/mol. The first kappa shape index (κ1) is 17.3. The van der Waals surface area contributed by atoms with Crippen molar-refractivity contribution in [2.45, 2.75) is 19.4 Å². The molecule has 6 nitrogen and oxygen atoms in total. The normalized spacial score (nSPS) is 11.8. The summed E-state index contributed by atoms with van der Waals surface area (Å²) in [7, 11) is 1.57. The van der Waals surface area contributed by atoms with Crippen molar-refractivity contribution in [3.8, 4) is 11.5 Å². The van der Waals surface area contributed by atoms with Crippen molar-refractivity contribution < 1.29 is 24.1 Å². The Morgan fingerprint density at radius 2 is 2.05 bits per heavy atom. The fraction of sp³-hybridized carbons (Fsp3) is 0.533. The first-order valence-corrected chi connectivity index (χ1v) is 6.97. The van der Waals surface area contributed by atoms with E-state index in [1.807, 2.05) is 12.1 Å². The minimum absolute atomic E-state index is 0.146. The van der Waals surface area contributed by atoms with Gasteiger partial charge in [-0.25, -0.2) is 0 Å². The summed E-state index contributed by atoms with van der Waals surface area (Å²) in [6.45, 7) is 3.10. The number of esters is 1. The van der Waals surface area contributed by atoms with E-state index in [2.05, 4.69) is 5.32 Å². The molecule has 0 aliphatic heterocycles. The molecule has 1 rings (SSSR count). The maximum Gasteiger partial charge on any atom is 0.307 e. The van der Waals surface area contributed by atoms with E-state index in [0.29, 0.717) is 31.2 Å². The van der Waals surface area contributed by atoms with E-state index < -0.39 is 6.10 Å². The Kier molecular flexibility index (Phi) is 8.23. The molecule has 1 atom stereocenters. The predicted octanol–water partition coefficient (Wildman–Crippen LogP) is 0.978. The minimum Gasteiger partial charge on any atom is -0.493 e. The van der Waals surface area contributed by atoms with Gasteiger partial charge in [0.15, 0.2) is 11.5 Å². The number of methoxy groups -OCH3 is 1. The van der Waals surface area contributed by atoms with Gasteiger partial charge < -0.3 is 24.6 Å². The number of ether oxygens (including phenoxy) is 3. The molecule has 1 unspecified atom stereocenters. The summed E-state index contributed by atoms with van der Waals surface area (Å²) in [5.74, 6) is 0.968. The zero-order valence-corrected chi connectivity index (χ0v) is 12.5. The van der Waals surface area contributed by atoms with Crippen LogP contribution >= 0.6 is 0 Å². The Labute approximate surface area is 125 Å². The van der Waals surface area contributed by atoms with E-state index in [1.54, 1.807) is 26.2 Å². The van der Waals surface area contributed by atoms with Crippen LogP contribution in [-0.2, 0) is 9.53 Å². The summed E-state index contributed by atoms with van der Waals surface area (Å²) >= 11 is 0. The number of benzene rings is 1. The van der Waals surface area contributed by atoms with Crippen LogP contribution in [0.3, 0.4) is 0 Å². The van der Waals surface area contributed by atoms with Gasteiger partial charge in [-0.15, -0.1) is 0 Å². The van der Waals surface area contributed by atoms with Gasteiger partial charge in [0.1, 0.15) is 12.7 Å². The molecule has 0 amide bonds. The summed E-state index contributed by atoms with van der Waals surface area (Å²) < 4.78 is 15.5. The molecule has 2 N–H and O–H groups in total. The van der Waals surface area contributed by atoms with Gasteiger partial charge in [-0.3, -0.25) is 4.79 Å². The Bertz CT molecular complexity index is 424. The molecule has 0 aliphatic carbocycles. The molecule has 0 aliphatic rings. The lowest BCUT2D eigenvalue weighted by Crippen LogP contribution is -2.32. The second-order valence-corrected chi connectivity index (χ2v) is 4.37. The molecule has 118 valence electrons. The monoisotopic (exact) mass is 297 g/mol. The van der Waals surface area contributed by atoms with Crippen LogP contribution in [0.2, 0.25) is 0 Å². The molecular formula is C15H23NO5. The van der Waals surface area contributed by atoms with Crippen LogP contribution in [0.1, 0.15) is 13.3 Å². The van der Waals surface area contributed by atoms with Crippen LogP contribution < -0.4 is 14.8 Å². The molecule has 0 aromatic heterocycles. The summed E-state index contributed by atoms with van der Waals surface area (Å²) in [5, 5.41) is 12.8. The van der Waals surface area contributed by atoms with E-state index in [1.165, 1.54) is 0 Å². The lowest BCUT2D eigenvalue weighted by molar-refractivity contribution is -0.143. The van der Waals surface area contributed by atoms with Gasteiger partial charge in [0.2, 0.25) is 0 Å². The molecule has 1 aromatic rings. The predicted molar refractivity (Wildman–Crippen MR) is 78.6 cm³/mol. The van der Waals surface area contributed by atoms with E-state index in [9.17, 15) is 9.90 Å². The number of nitrogens with one attached hydrogen (secondary N) is 1. The van der Waals surface area contributed by atoms with Crippen molar-refractivity contribution in [1.82, 2.24) is 5.32 Å². The third-order valence-corrected chi connectivity index (χ3v) is 2.69. The molecule has 21 heavy (non-hydrogen) atoms. The average molecular weight is 297 g/mol. The van der Waals surface area contributed by atoms with Crippen molar-refractivity contribution in [1.29, 1.82) is 0 Å². The zero-order valence-electron chi connectivity index (χ0n) is 12.5. The standard InChI is InChI=1S/C15H23NO5/c1-3-20-15(18)8-9-16-10-12(17)11-21-14-7-5-4-6-13(14)19-2/h4-7,12,16-17H,3,8-11H2,1-2H3. The Balaban J connectivity index is 2.19. The molecule has 6 heteroatoms. The number of carbonyl (C=O) groups excluding carboxylic acids is 1. The Morgan fingerprint density at radius 3 is 2.71 bits per heavy atom. The van der Waals surface area contributed by atoms with E-state index in [-0.39, 0.29) is 19.0 Å². The molecule has 1 aromatic carbocycles. The highest BCUT2D eigenvalue weighted by Crippen LogP contribution is 2.25. The molecule has 0 bridgehead atoms. The van der Waals surface area contributed by atoms with Crippen LogP contribution in [0.5, 0.6) is 11.5 Å². The van der Waals surface area contributed by atoms with Crippen molar-refractivity contribution in [3.63, 3.8) is 0 Å². The lowest BCUT2D eigenvalue weighted by Gasteiger charge is -2.14. The third-order valence-electron chi connectivity index (χ3n) is 2.69. The SMILES string of the molecule is CCOC(=O)CCNCC(O)COc1ccccc1OC. The number of hydrogen-bond donors (Lipinski definition) is 2. The first-order chi connectivity index (χ1) is 10.2. The van der Waals surface area contributed by atoms with Gasteiger partial charge in [0.25, 0.3) is 0 Å². The van der Waals surface area contributed by atoms with Crippen LogP contribution in [-0.4, -0.2) is 50.6 Å².